The Labute approximate surface area is 105 Å². The maximum absolute atomic E-state index is 11.7. The molecule has 0 spiro atoms. The van der Waals surface area contributed by atoms with Crippen LogP contribution in [0.4, 0.5) is 0 Å². The first kappa shape index (κ1) is 12.6. The highest BCUT2D eigenvalue weighted by Crippen LogP contribution is 2.08. The normalized spacial score (nSPS) is 14.8. The summed E-state index contributed by atoms with van der Waals surface area (Å²) >= 11 is 0. The molecule has 0 atom stereocenters. The molecule has 0 saturated carbocycles. The molecule has 1 aromatic rings. The molecule has 0 bridgehead atoms. The van der Waals surface area contributed by atoms with Gasteiger partial charge in [0, 0.05) is 32.1 Å². The van der Waals surface area contributed by atoms with Crippen molar-refractivity contribution < 1.29 is 14.1 Å². The summed E-state index contributed by atoms with van der Waals surface area (Å²) in [4.78, 5) is 25.1. The van der Waals surface area contributed by atoms with Crippen molar-refractivity contribution in [1.29, 1.82) is 0 Å². The molecule has 1 fully saturated rings. The number of hydrogen-bond donors (Lipinski definition) is 1. The minimum atomic E-state index is -0.329. The van der Waals surface area contributed by atoms with E-state index in [9.17, 15) is 9.59 Å². The standard InChI is InChI=1S/C12H17N3O3/c1-9-8-10(18-14-9)12(17)13-5-4-11(16)15-6-2-3-7-15/h8H,2-7H2,1H3,(H,13,17). The Balaban J connectivity index is 1.71. The molecule has 1 aromatic heterocycles. The number of carbonyl (C=O) groups is 2. The zero-order valence-corrected chi connectivity index (χ0v) is 10.4. The lowest BCUT2D eigenvalue weighted by molar-refractivity contribution is -0.129. The molecule has 6 nitrogen and oxygen atoms in total. The number of likely N-dealkylation sites (tertiary alicyclic amines) is 1. The molecule has 6 heteroatoms. The Morgan fingerprint density at radius 1 is 1.44 bits per heavy atom. The molecule has 2 heterocycles. The van der Waals surface area contributed by atoms with Gasteiger partial charge >= 0.3 is 0 Å². The molecule has 1 aliphatic rings. The minimum Gasteiger partial charge on any atom is -0.351 e. The van der Waals surface area contributed by atoms with Crippen LogP contribution in [0.2, 0.25) is 0 Å². The Morgan fingerprint density at radius 3 is 2.78 bits per heavy atom. The van der Waals surface area contributed by atoms with Crippen molar-refractivity contribution in [2.24, 2.45) is 0 Å². The van der Waals surface area contributed by atoms with Crippen molar-refractivity contribution in [1.82, 2.24) is 15.4 Å². The van der Waals surface area contributed by atoms with Crippen molar-refractivity contribution in [2.75, 3.05) is 19.6 Å². The summed E-state index contributed by atoms with van der Waals surface area (Å²) < 4.78 is 4.83. The molecule has 2 amide bonds. The van der Waals surface area contributed by atoms with Gasteiger partial charge in [-0.3, -0.25) is 9.59 Å². The number of rotatable bonds is 4. The summed E-state index contributed by atoms with van der Waals surface area (Å²) in [7, 11) is 0. The summed E-state index contributed by atoms with van der Waals surface area (Å²) in [5, 5.41) is 6.28. The minimum absolute atomic E-state index is 0.0987. The third-order valence-corrected chi connectivity index (χ3v) is 2.93. The van der Waals surface area contributed by atoms with Crippen molar-refractivity contribution in [3.63, 3.8) is 0 Å². The van der Waals surface area contributed by atoms with E-state index in [-0.39, 0.29) is 17.6 Å². The van der Waals surface area contributed by atoms with E-state index in [2.05, 4.69) is 10.5 Å². The average molecular weight is 251 g/mol. The molecule has 1 aliphatic heterocycles. The summed E-state index contributed by atoms with van der Waals surface area (Å²) in [6.45, 7) is 3.76. The molecule has 0 unspecified atom stereocenters. The van der Waals surface area contributed by atoms with Crippen LogP contribution < -0.4 is 5.32 Å². The van der Waals surface area contributed by atoms with Crippen LogP contribution in [0.3, 0.4) is 0 Å². The first-order valence-corrected chi connectivity index (χ1v) is 6.16. The van der Waals surface area contributed by atoms with Crippen LogP contribution in [0, 0.1) is 6.92 Å². The highest BCUT2D eigenvalue weighted by Gasteiger charge is 2.18. The summed E-state index contributed by atoms with van der Waals surface area (Å²) in [5.74, 6) is -0.0486. The third kappa shape index (κ3) is 3.09. The van der Waals surface area contributed by atoms with Gasteiger partial charge in [0.15, 0.2) is 0 Å². The van der Waals surface area contributed by atoms with E-state index in [0.717, 1.165) is 25.9 Å². The van der Waals surface area contributed by atoms with Crippen LogP contribution in [0.25, 0.3) is 0 Å². The molecular weight excluding hydrogens is 234 g/mol. The van der Waals surface area contributed by atoms with E-state index in [4.69, 9.17) is 4.52 Å². The maximum atomic E-state index is 11.7. The fourth-order valence-corrected chi connectivity index (χ4v) is 1.97. The van der Waals surface area contributed by atoms with Gasteiger partial charge in [0.2, 0.25) is 11.7 Å². The molecular formula is C12H17N3O3. The van der Waals surface area contributed by atoms with Crippen LogP contribution in [0.5, 0.6) is 0 Å². The predicted molar refractivity (Wildman–Crippen MR) is 64.0 cm³/mol. The SMILES string of the molecule is Cc1cc(C(=O)NCCC(=O)N2CCCC2)on1. The molecule has 0 aromatic carbocycles. The maximum Gasteiger partial charge on any atom is 0.289 e. The number of carbonyl (C=O) groups excluding carboxylic acids is 2. The van der Waals surface area contributed by atoms with E-state index >= 15 is 0 Å². The van der Waals surface area contributed by atoms with Crippen LogP contribution in [0.15, 0.2) is 10.6 Å². The van der Waals surface area contributed by atoms with Crippen molar-refractivity contribution in [2.45, 2.75) is 26.2 Å². The topological polar surface area (TPSA) is 75.4 Å². The van der Waals surface area contributed by atoms with E-state index in [1.54, 1.807) is 13.0 Å². The van der Waals surface area contributed by atoms with Gasteiger partial charge in [-0.25, -0.2) is 0 Å². The lowest BCUT2D eigenvalue weighted by Gasteiger charge is -2.14. The van der Waals surface area contributed by atoms with E-state index in [1.165, 1.54) is 0 Å². The largest absolute Gasteiger partial charge is 0.351 e. The molecule has 1 saturated heterocycles. The van der Waals surface area contributed by atoms with Gasteiger partial charge in [0.1, 0.15) is 0 Å². The van der Waals surface area contributed by atoms with E-state index < -0.39 is 0 Å². The van der Waals surface area contributed by atoms with Gasteiger partial charge in [0.05, 0.1) is 5.69 Å². The summed E-state index contributed by atoms with van der Waals surface area (Å²) in [5.41, 5.74) is 0.660. The number of aryl methyl sites for hydroxylation is 1. The average Bonchev–Trinajstić information content (AvgIpc) is 2.99. The molecule has 98 valence electrons. The van der Waals surface area contributed by atoms with Crippen molar-refractivity contribution in [3.8, 4) is 0 Å². The molecule has 0 aliphatic carbocycles. The second-order valence-corrected chi connectivity index (χ2v) is 4.43. The smallest absolute Gasteiger partial charge is 0.289 e. The lowest BCUT2D eigenvalue weighted by atomic mass is 10.3. The third-order valence-electron chi connectivity index (χ3n) is 2.93. The van der Waals surface area contributed by atoms with Crippen LogP contribution in [-0.2, 0) is 4.79 Å². The molecule has 0 radical (unpaired) electrons. The predicted octanol–water partition coefficient (Wildman–Crippen LogP) is 0.725. The number of hydrogen-bond acceptors (Lipinski definition) is 4. The first-order chi connectivity index (χ1) is 8.66. The Kier molecular flexibility index (Phi) is 3.96. The van der Waals surface area contributed by atoms with Gasteiger partial charge < -0.3 is 14.7 Å². The summed E-state index contributed by atoms with van der Waals surface area (Å²) in [6, 6.07) is 1.57. The van der Waals surface area contributed by atoms with Crippen molar-refractivity contribution in [3.05, 3.63) is 17.5 Å². The monoisotopic (exact) mass is 251 g/mol. The molecule has 2 rings (SSSR count). The van der Waals surface area contributed by atoms with E-state index in [1.807, 2.05) is 4.90 Å². The first-order valence-electron chi connectivity index (χ1n) is 6.16. The highest BCUT2D eigenvalue weighted by atomic mass is 16.5. The van der Waals surface area contributed by atoms with Crippen LogP contribution in [-0.4, -0.2) is 41.5 Å². The zero-order chi connectivity index (χ0) is 13.0. The fourth-order valence-electron chi connectivity index (χ4n) is 1.97. The Hall–Kier alpha value is -1.85. The Bertz CT molecular complexity index is 436. The second-order valence-electron chi connectivity index (χ2n) is 4.43. The molecule has 1 N–H and O–H groups in total. The second kappa shape index (κ2) is 5.66. The quantitative estimate of drug-likeness (QED) is 0.855. The van der Waals surface area contributed by atoms with Gasteiger partial charge in [-0.2, -0.15) is 0 Å². The number of amides is 2. The Morgan fingerprint density at radius 2 is 2.17 bits per heavy atom. The fraction of sp³-hybridized carbons (Fsp3) is 0.583. The van der Waals surface area contributed by atoms with Gasteiger partial charge in [-0.1, -0.05) is 5.16 Å². The number of aromatic nitrogens is 1. The number of nitrogens with zero attached hydrogens (tertiary/aromatic N) is 2. The van der Waals surface area contributed by atoms with Crippen LogP contribution >= 0.6 is 0 Å². The lowest BCUT2D eigenvalue weighted by Crippen LogP contribution is -2.32. The van der Waals surface area contributed by atoms with Crippen LogP contribution in [0.1, 0.15) is 35.5 Å². The van der Waals surface area contributed by atoms with Gasteiger partial charge in [-0.05, 0) is 19.8 Å². The van der Waals surface area contributed by atoms with E-state index in [0.29, 0.717) is 18.7 Å². The number of nitrogens with one attached hydrogen (secondary N) is 1. The highest BCUT2D eigenvalue weighted by molar-refractivity contribution is 5.91. The molecule has 18 heavy (non-hydrogen) atoms. The summed E-state index contributed by atoms with van der Waals surface area (Å²) in [6.07, 6.45) is 2.49. The van der Waals surface area contributed by atoms with Gasteiger partial charge in [-0.15, -0.1) is 0 Å². The van der Waals surface area contributed by atoms with Crippen molar-refractivity contribution >= 4 is 11.8 Å². The zero-order valence-electron chi connectivity index (χ0n) is 10.4. The van der Waals surface area contributed by atoms with Gasteiger partial charge in [0.25, 0.3) is 5.91 Å².